The molecule has 1 saturated heterocycles. The Labute approximate surface area is 173 Å². The van der Waals surface area contributed by atoms with Crippen molar-refractivity contribution in [3.05, 3.63) is 46.8 Å². The number of aryl methyl sites for hydroxylation is 2. The molecule has 2 fully saturated rings. The molecule has 1 saturated carbocycles. The highest BCUT2D eigenvalue weighted by atomic mass is 35.5. The average Bonchev–Trinajstić information content (AvgIpc) is 3.28. The van der Waals surface area contributed by atoms with Crippen LogP contribution in [0.1, 0.15) is 41.8 Å². The summed E-state index contributed by atoms with van der Waals surface area (Å²) >= 11 is 0. The molecule has 1 N–H and O–H groups in total. The zero-order chi connectivity index (χ0) is 19.2. The maximum absolute atomic E-state index is 13.0. The number of piperidine rings is 1. The molecule has 1 aromatic carbocycles. The minimum atomic E-state index is 0. The van der Waals surface area contributed by atoms with Gasteiger partial charge in [0.05, 0.1) is 11.4 Å². The van der Waals surface area contributed by atoms with Gasteiger partial charge in [0.15, 0.2) is 0 Å². The number of benzene rings is 1. The van der Waals surface area contributed by atoms with Gasteiger partial charge in [-0.15, -0.1) is 12.4 Å². The van der Waals surface area contributed by atoms with Crippen molar-refractivity contribution in [2.75, 3.05) is 20.1 Å². The molecule has 2 aromatic rings. The summed E-state index contributed by atoms with van der Waals surface area (Å²) in [6.07, 6.45) is 3.35. The fourth-order valence-electron chi connectivity index (χ4n) is 4.69. The molecule has 1 spiro atoms. The summed E-state index contributed by atoms with van der Waals surface area (Å²) in [4.78, 5) is 14.9. The number of halogens is 1. The summed E-state index contributed by atoms with van der Waals surface area (Å²) < 4.78 is 2.02. The molecule has 6 heteroatoms. The first-order chi connectivity index (χ1) is 12.9. The molecule has 2 heterocycles. The first-order valence-corrected chi connectivity index (χ1v) is 10.00. The zero-order valence-corrected chi connectivity index (χ0v) is 18.1. The lowest BCUT2D eigenvalue weighted by molar-refractivity contribution is -0.132. The zero-order valence-electron chi connectivity index (χ0n) is 17.3. The number of nitrogens with one attached hydrogen (secondary N) is 1. The van der Waals surface area contributed by atoms with E-state index in [-0.39, 0.29) is 23.7 Å². The van der Waals surface area contributed by atoms with E-state index in [1.165, 1.54) is 5.56 Å². The molecule has 1 unspecified atom stereocenters. The van der Waals surface area contributed by atoms with E-state index >= 15 is 0 Å². The van der Waals surface area contributed by atoms with Crippen LogP contribution in [0.5, 0.6) is 0 Å². The SMILES string of the molecule is Cc1ccccc1-n1nc(C)c(CN(C)C(=O)C2CC23CCNCC3)c1C.Cl. The third kappa shape index (κ3) is 3.58. The standard InChI is InChI=1S/C22H30N4O.ClH/c1-15-7-5-6-8-20(15)26-17(3)18(16(2)24-26)14-25(4)21(27)19-13-22(19)9-11-23-12-10-22;/h5-8,19,23H,9-14H2,1-4H3;1H. The maximum atomic E-state index is 13.0. The second-order valence-corrected chi connectivity index (χ2v) is 8.41. The minimum Gasteiger partial charge on any atom is -0.341 e. The fraction of sp³-hybridized carbons (Fsp3) is 0.545. The van der Waals surface area contributed by atoms with Crippen molar-refractivity contribution >= 4 is 18.3 Å². The number of amides is 1. The van der Waals surface area contributed by atoms with Gasteiger partial charge in [0.25, 0.3) is 0 Å². The fourth-order valence-corrected chi connectivity index (χ4v) is 4.69. The Morgan fingerprint density at radius 3 is 2.61 bits per heavy atom. The number of hydrogen-bond acceptors (Lipinski definition) is 3. The molecule has 4 rings (SSSR count). The second kappa shape index (κ2) is 7.88. The van der Waals surface area contributed by atoms with E-state index in [9.17, 15) is 4.79 Å². The molecule has 1 aromatic heterocycles. The molecule has 1 aliphatic heterocycles. The summed E-state index contributed by atoms with van der Waals surface area (Å²) in [6.45, 7) is 8.98. The van der Waals surface area contributed by atoms with Gasteiger partial charge in [-0.25, -0.2) is 4.68 Å². The molecule has 0 bridgehead atoms. The predicted octanol–water partition coefficient (Wildman–Crippen LogP) is 3.57. The molecule has 0 radical (unpaired) electrons. The van der Waals surface area contributed by atoms with E-state index in [2.05, 4.69) is 31.3 Å². The molecule has 2 aliphatic rings. The number of rotatable bonds is 4. The van der Waals surface area contributed by atoms with Crippen molar-refractivity contribution in [1.29, 1.82) is 0 Å². The molecule has 1 amide bonds. The van der Waals surface area contributed by atoms with Gasteiger partial charge in [-0.2, -0.15) is 5.10 Å². The molecule has 28 heavy (non-hydrogen) atoms. The van der Waals surface area contributed by atoms with Gasteiger partial charge in [0.1, 0.15) is 0 Å². The minimum absolute atomic E-state index is 0. The van der Waals surface area contributed by atoms with Crippen LogP contribution in [0.25, 0.3) is 5.69 Å². The Hall–Kier alpha value is -1.85. The van der Waals surface area contributed by atoms with Crippen LogP contribution in [-0.2, 0) is 11.3 Å². The summed E-state index contributed by atoms with van der Waals surface area (Å²) in [5.41, 5.74) is 5.87. The molecular formula is C22H31ClN4O. The average molecular weight is 403 g/mol. The van der Waals surface area contributed by atoms with Crippen LogP contribution in [-0.4, -0.2) is 40.7 Å². The Kier molecular flexibility index (Phi) is 5.87. The van der Waals surface area contributed by atoms with Gasteiger partial charge in [0.2, 0.25) is 5.91 Å². The van der Waals surface area contributed by atoms with E-state index in [4.69, 9.17) is 5.10 Å². The quantitative estimate of drug-likeness (QED) is 0.850. The van der Waals surface area contributed by atoms with Crippen molar-refractivity contribution in [3.8, 4) is 5.69 Å². The van der Waals surface area contributed by atoms with Crippen LogP contribution >= 0.6 is 12.4 Å². The maximum Gasteiger partial charge on any atom is 0.226 e. The highest BCUT2D eigenvalue weighted by molar-refractivity contribution is 5.85. The Bertz CT molecular complexity index is 869. The van der Waals surface area contributed by atoms with E-state index < -0.39 is 0 Å². The topological polar surface area (TPSA) is 50.2 Å². The van der Waals surface area contributed by atoms with Crippen LogP contribution in [0.2, 0.25) is 0 Å². The monoisotopic (exact) mass is 402 g/mol. The Balaban J connectivity index is 0.00000225. The Morgan fingerprint density at radius 1 is 1.25 bits per heavy atom. The van der Waals surface area contributed by atoms with E-state index in [0.29, 0.717) is 12.5 Å². The normalized spacial score (nSPS) is 19.9. The van der Waals surface area contributed by atoms with Gasteiger partial charge >= 0.3 is 0 Å². The van der Waals surface area contributed by atoms with Gasteiger partial charge in [0, 0.05) is 30.8 Å². The van der Waals surface area contributed by atoms with E-state index in [1.807, 2.05) is 35.7 Å². The van der Waals surface area contributed by atoms with E-state index in [0.717, 1.165) is 55.0 Å². The number of carbonyl (C=O) groups is 1. The number of carbonyl (C=O) groups excluding carboxylic acids is 1. The third-order valence-electron chi connectivity index (χ3n) is 6.64. The smallest absolute Gasteiger partial charge is 0.226 e. The molecule has 1 aliphatic carbocycles. The third-order valence-corrected chi connectivity index (χ3v) is 6.64. The van der Waals surface area contributed by atoms with Crippen molar-refractivity contribution in [2.45, 2.75) is 46.6 Å². The van der Waals surface area contributed by atoms with Crippen LogP contribution in [0, 0.1) is 32.1 Å². The number of aromatic nitrogens is 2. The van der Waals surface area contributed by atoms with Gasteiger partial charge in [-0.05, 0) is 70.2 Å². The van der Waals surface area contributed by atoms with Crippen LogP contribution in [0.3, 0.4) is 0 Å². The number of para-hydroxylation sites is 1. The highest BCUT2D eigenvalue weighted by Crippen LogP contribution is 2.59. The number of hydrogen-bond donors (Lipinski definition) is 1. The number of nitrogens with zero attached hydrogens (tertiary/aromatic N) is 3. The second-order valence-electron chi connectivity index (χ2n) is 8.41. The summed E-state index contributed by atoms with van der Waals surface area (Å²) in [7, 11) is 1.94. The predicted molar refractivity (Wildman–Crippen MR) is 114 cm³/mol. The lowest BCUT2D eigenvalue weighted by Gasteiger charge is -2.25. The largest absolute Gasteiger partial charge is 0.341 e. The van der Waals surface area contributed by atoms with Crippen LogP contribution in [0.15, 0.2) is 24.3 Å². The summed E-state index contributed by atoms with van der Waals surface area (Å²) in [6, 6.07) is 8.29. The van der Waals surface area contributed by atoms with Crippen molar-refractivity contribution in [1.82, 2.24) is 20.0 Å². The van der Waals surface area contributed by atoms with Gasteiger partial charge in [-0.3, -0.25) is 4.79 Å². The van der Waals surface area contributed by atoms with Crippen molar-refractivity contribution in [2.24, 2.45) is 11.3 Å². The van der Waals surface area contributed by atoms with E-state index in [1.54, 1.807) is 0 Å². The van der Waals surface area contributed by atoms with Gasteiger partial charge < -0.3 is 10.2 Å². The van der Waals surface area contributed by atoms with Crippen molar-refractivity contribution in [3.63, 3.8) is 0 Å². The molecule has 152 valence electrons. The summed E-state index contributed by atoms with van der Waals surface area (Å²) in [5, 5.41) is 8.18. The van der Waals surface area contributed by atoms with Gasteiger partial charge in [-0.1, -0.05) is 18.2 Å². The van der Waals surface area contributed by atoms with Crippen LogP contribution in [0.4, 0.5) is 0 Å². The highest BCUT2D eigenvalue weighted by Gasteiger charge is 2.58. The lowest BCUT2D eigenvalue weighted by atomic mass is 9.91. The molecule has 5 nitrogen and oxygen atoms in total. The van der Waals surface area contributed by atoms with Crippen LogP contribution < -0.4 is 5.32 Å². The first-order valence-electron chi connectivity index (χ1n) is 10.00. The summed E-state index contributed by atoms with van der Waals surface area (Å²) in [5.74, 6) is 0.524. The molecule has 1 atom stereocenters. The first kappa shape index (κ1) is 20.9. The molecular weight excluding hydrogens is 372 g/mol. The van der Waals surface area contributed by atoms with Crippen molar-refractivity contribution < 1.29 is 4.79 Å². The Morgan fingerprint density at radius 2 is 1.93 bits per heavy atom. The lowest BCUT2D eigenvalue weighted by Crippen LogP contribution is -2.34.